The second-order valence-corrected chi connectivity index (χ2v) is 5.00. The number of hydrogen-bond acceptors (Lipinski definition) is 3. The summed E-state index contributed by atoms with van der Waals surface area (Å²) in [5.74, 6) is 0. The Balaban J connectivity index is 2.07. The first-order chi connectivity index (χ1) is 5.12. The summed E-state index contributed by atoms with van der Waals surface area (Å²) in [6.45, 7) is 3.32. The van der Waals surface area contributed by atoms with Gasteiger partial charge >= 0.3 is 0 Å². The SMILES string of the molecule is CC1(S)CCC2(CCCN2)N1. The molecule has 2 N–H and O–H groups in total. The average Bonchev–Trinajstić information content (AvgIpc) is 2.43. The molecular formula is C8H16N2S. The van der Waals surface area contributed by atoms with Crippen LogP contribution in [0.25, 0.3) is 0 Å². The molecule has 0 radical (unpaired) electrons. The molecule has 2 unspecified atom stereocenters. The molecule has 0 aromatic heterocycles. The van der Waals surface area contributed by atoms with Crippen molar-refractivity contribution in [1.82, 2.24) is 10.6 Å². The third-order valence-electron chi connectivity index (χ3n) is 2.79. The first kappa shape index (κ1) is 7.90. The van der Waals surface area contributed by atoms with Gasteiger partial charge in [-0.3, -0.25) is 10.6 Å². The molecule has 64 valence electrons. The van der Waals surface area contributed by atoms with Crippen LogP contribution >= 0.6 is 12.6 Å². The van der Waals surface area contributed by atoms with Crippen molar-refractivity contribution in [2.24, 2.45) is 0 Å². The molecule has 2 aliphatic heterocycles. The molecule has 0 amide bonds. The van der Waals surface area contributed by atoms with Gasteiger partial charge in [0.15, 0.2) is 0 Å². The van der Waals surface area contributed by atoms with Gasteiger partial charge in [0.2, 0.25) is 0 Å². The maximum absolute atomic E-state index is 4.55. The van der Waals surface area contributed by atoms with E-state index >= 15 is 0 Å². The largest absolute Gasteiger partial charge is 0.299 e. The van der Waals surface area contributed by atoms with Crippen molar-refractivity contribution in [3.63, 3.8) is 0 Å². The Morgan fingerprint density at radius 3 is 2.55 bits per heavy atom. The lowest BCUT2D eigenvalue weighted by Gasteiger charge is -2.28. The van der Waals surface area contributed by atoms with Crippen LogP contribution in [0, 0.1) is 0 Å². The summed E-state index contributed by atoms with van der Waals surface area (Å²) in [4.78, 5) is 0.0529. The van der Waals surface area contributed by atoms with Crippen LogP contribution in [0.15, 0.2) is 0 Å². The van der Waals surface area contributed by atoms with E-state index < -0.39 is 0 Å². The maximum atomic E-state index is 4.55. The fourth-order valence-electron chi connectivity index (χ4n) is 2.22. The Morgan fingerprint density at radius 2 is 2.09 bits per heavy atom. The molecule has 2 heterocycles. The third kappa shape index (κ3) is 1.42. The minimum atomic E-state index is 0.0529. The smallest absolute Gasteiger partial charge is 0.0699 e. The van der Waals surface area contributed by atoms with Crippen molar-refractivity contribution in [2.75, 3.05) is 6.54 Å². The van der Waals surface area contributed by atoms with E-state index in [2.05, 4.69) is 30.2 Å². The van der Waals surface area contributed by atoms with E-state index in [1.807, 2.05) is 0 Å². The van der Waals surface area contributed by atoms with E-state index in [-0.39, 0.29) is 10.5 Å². The Kier molecular flexibility index (Phi) is 1.71. The second-order valence-electron chi connectivity index (χ2n) is 4.01. The molecule has 2 fully saturated rings. The fourth-order valence-corrected chi connectivity index (χ4v) is 2.55. The molecule has 0 saturated carbocycles. The Hall–Kier alpha value is 0.270. The number of thiol groups is 1. The van der Waals surface area contributed by atoms with Crippen LogP contribution in [0.3, 0.4) is 0 Å². The predicted molar refractivity (Wildman–Crippen MR) is 49.7 cm³/mol. The lowest BCUT2D eigenvalue weighted by Crippen LogP contribution is -2.52. The first-order valence-electron chi connectivity index (χ1n) is 4.39. The normalized spacial score (nSPS) is 50.7. The molecule has 2 nitrogen and oxygen atoms in total. The topological polar surface area (TPSA) is 24.1 Å². The van der Waals surface area contributed by atoms with Crippen molar-refractivity contribution in [2.45, 2.75) is 43.1 Å². The van der Waals surface area contributed by atoms with Crippen molar-refractivity contribution in [3.05, 3.63) is 0 Å². The van der Waals surface area contributed by atoms with Crippen LogP contribution in [0.2, 0.25) is 0 Å². The summed E-state index contributed by atoms with van der Waals surface area (Å²) >= 11 is 4.55. The lowest BCUT2D eigenvalue weighted by atomic mass is 10.1. The molecular weight excluding hydrogens is 156 g/mol. The van der Waals surface area contributed by atoms with Gasteiger partial charge in [-0.25, -0.2) is 0 Å². The minimum absolute atomic E-state index is 0.0529. The summed E-state index contributed by atoms with van der Waals surface area (Å²) in [7, 11) is 0. The van der Waals surface area contributed by atoms with Gasteiger partial charge in [0.05, 0.1) is 10.5 Å². The van der Waals surface area contributed by atoms with E-state index in [9.17, 15) is 0 Å². The third-order valence-corrected chi connectivity index (χ3v) is 3.13. The number of hydrogen-bond donors (Lipinski definition) is 3. The highest BCUT2D eigenvalue weighted by molar-refractivity contribution is 7.81. The van der Waals surface area contributed by atoms with Gasteiger partial charge in [0.1, 0.15) is 0 Å². The zero-order chi connectivity index (χ0) is 7.95. The molecule has 11 heavy (non-hydrogen) atoms. The zero-order valence-electron chi connectivity index (χ0n) is 6.98. The molecule has 3 heteroatoms. The fraction of sp³-hybridized carbons (Fsp3) is 1.00. The zero-order valence-corrected chi connectivity index (χ0v) is 7.88. The van der Waals surface area contributed by atoms with Gasteiger partial charge in [-0.2, -0.15) is 12.6 Å². The molecule has 0 bridgehead atoms. The summed E-state index contributed by atoms with van der Waals surface area (Å²) in [5.41, 5.74) is 0.247. The monoisotopic (exact) mass is 172 g/mol. The highest BCUT2D eigenvalue weighted by Crippen LogP contribution is 2.36. The van der Waals surface area contributed by atoms with Crippen LogP contribution < -0.4 is 10.6 Å². The molecule has 0 aromatic rings. The van der Waals surface area contributed by atoms with Crippen LogP contribution in [0.5, 0.6) is 0 Å². The number of rotatable bonds is 0. The van der Waals surface area contributed by atoms with Crippen LogP contribution in [0.4, 0.5) is 0 Å². The quantitative estimate of drug-likeness (QED) is 0.477. The molecule has 2 saturated heterocycles. The van der Waals surface area contributed by atoms with Crippen molar-refractivity contribution >= 4 is 12.6 Å². The van der Waals surface area contributed by atoms with Gasteiger partial charge in [0.25, 0.3) is 0 Å². The molecule has 0 aliphatic carbocycles. The minimum Gasteiger partial charge on any atom is -0.299 e. The van der Waals surface area contributed by atoms with Crippen molar-refractivity contribution in [1.29, 1.82) is 0 Å². The lowest BCUT2D eigenvalue weighted by molar-refractivity contribution is 0.324. The van der Waals surface area contributed by atoms with Gasteiger partial charge in [-0.1, -0.05) is 0 Å². The molecule has 2 aliphatic rings. The molecule has 2 rings (SSSR count). The predicted octanol–water partition coefficient (Wildman–Crippen LogP) is 1.10. The van der Waals surface area contributed by atoms with Gasteiger partial charge in [-0.05, 0) is 39.2 Å². The Labute approximate surface area is 73.5 Å². The van der Waals surface area contributed by atoms with E-state index in [1.54, 1.807) is 0 Å². The van der Waals surface area contributed by atoms with Gasteiger partial charge in [0, 0.05) is 0 Å². The Bertz CT molecular complexity index is 161. The van der Waals surface area contributed by atoms with E-state index in [0.717, 1.165) is 6.54 Å². The average molecular weight is 172 g/mol. The highest BCUT2D eigenvalue weighted by Gasteiger charge is 2.44. The number of nitrogens with one attached hydrogen (secondary N) is 2. The van der Waals surface area contributed by atoms with E-state index in [4.69, 9.17) is 0 Å². The summed E-state index contributed by atoms with van der Waals surface area (Å²) in [5, 5.41) is 7.09. The van der Waals surface area contributed by atoms with Gasteiger partial charge < -0.3 is 0 Å². The van der Waals surface area contributed by atoms with Gasteiger partial charge in [-0.15, -0.1) is 0 Å². The summed E-state index contributed by atoms with van der Waals surface area (Å²) < 4.78 is 0. The molecule has 2 atom stereocenters. The summed E-state index contributed by atoms with van der Waals surface area (Å²) in [6.07, 6.45) is 4.97. The molecule has 0 aromatic carbocycles. The highest BCUT2D eigenvalue weighted by atomic mass is 32.1. The van der Waals surface area contributed by atoms with Crippen LogP contribution in [-0.2, 0) is 0 Å². The maximum Gasteiger partial charge on any atom is 0.0699 e. The van der Waals surface area contributed by atoms with Crippen molar-refractivity contribution < 1.29 is 0 Å². The van der Waals surface area contributed by atoms with Crippen LogP contribution in [-0.4, -0.2) is 17.1 Å². The van der Waals surface area contributed by atoms with Crippen LogP contribution in [0.1, 0.15) is 32.6 Å². The first-order valence-corrected chi connectivity index (χ1v) is 4.84. The van der Waals surface area contributed by atoms with E-state index in [1.165, 1.54) is 25.7 Å². The molecule has 1 spiro atoms. The summed E-state index contributed by atoms with van der Waals surface area (Å²) in [6, 6.07) is 0. The van der Waals surface area contributed by atoms with Crippen molar-refractivity contribution in [3.8, 4) is 0 Å². The Morgan fingerprint density at radius 1 is 1.27 bits per heavy atom. The van der Waals surface area contributed by atoms with E-state index in [0.29, 0.717) is 0 Å². The standard InChI is InChI=1S/C8H16N2S/c1-7(11)4-5-8(10-7)3-2-6-9-8/h9-11H,2-6H2,1H3. The second kappa shape index (κ2) is 2.38.